The molecule has 0 atom stereocenters. The number of halogens is 1. The summed E-state index contributed by atoms with van der Waals surface area (Å²) in [6.45, 7) is 1.81. The molecule has 0 aromatic heterocycles. The Morgan fingerprint density at radius 1 is 0.952 bits per heavy atom. The van der Waals surface area contributed by atoms with Gasteiger partial charge in [-0.15, -0.1) is 0 Å². The first-order valence-corrected chi connectivity index (χ1v) is 7.11. The van der Waals surface area contributed by atoms with E-state index in [1.807, 2.05) is 24.3 Å². The van der Waals surface area contributed by atoms with Crippen molar-refractivity contribution in [1.82, 2.24) is 0 Å². The second-order valence-electron chi connectivity index (χ2n) is 4.52. The van der Waals surface area contributed by atoms with Crippen molar-refractivity contribution in [2.75, 3.05) is 13.2 Å². The monoisotopic (exact) mass is 301 g/mol. The number of hydrogen-bond acceptors (Lipinski definition) is 3. The molecule has 108 valence electrons. The van der Waals surface area contributed by atoms with Gasteiger partial charge in [0.1, 0.15) is 5.75 Å². The molecule has 0 heterocycles. The molecule has 3 nitrogen and oxygen atoms in total. The fourth-order valence-corrected chi connectivity index (χ4v) is 1.87. The average molecular weight is 302 g/mol. The zero-order chi connectivity index (χ0) is 14.9. The lowest BCUT2D eigenvalue weighted by atomic mass is 10.2. The minimum atomic E-state index is 0.577. The molecule has 0 saturated carbocycles. The van der Waals surface area contributed by atoms with Gasteiger partial charge in [-0.2, -0.15) is 5.26 Å². The van der Waals surface area contributed by atoms with Gasteiger partial charge in [0, 0.05) is 11.4 Å². The third-order valence-corrected chi connectivity index (χ3v) is 3.12. The van der Waals surface area contributed by atoms with E-state index in [0.29, 0.717) is 25.4 Å². The van der Waals surface area contributed by atoms with Gasteiger partial charge in [-0.1, -0.05) is 23.7 Å². The second kappa shape index (κ2) is 8.31. The van der Waals surface area contributed by atoms with E-state index in [2.05, 4.69) is 6.07 Å². The van der Waals surface area contributed by atoms with E-state index in [9.17, 15) is 0 Å². The molecule has 0 bridgehead atoms. The predicted octanol–water partition coefficient (Wildman–Crippen LogP) is 4.20. The summed E-state index contributed by atoms with van der Waals surface area (Å²) in [6.07, 6.45) is 0.813. The largest absolute Gasteiger partial charge is 0.494 e. The van der Waals surface area contributed by atoms with Crippen LogP contribution in [0.1, 0.15) is 17.5 Å². The number of hydrogen-bond donors (Lipinski definition) is 0. The number of ether oxygens (including phenoxy) is 2. The van der Waals surface area contributed by atoms with Crippen LogP contribution in [0.4, 0.5) is 0 Å². The van der Waals surface area contributed by atoms with Crippen LogP contribution < -0.4 is 4.74 Å². The highest BCUT2D eigenvalue weighted by molar-refractivity contribution is 6.30. The normalized spacial score (nSPS) is 10.1. The van der Waals surface area contributed by atoms with E-state index in [0.717, 1.165) is 22.8 Å². The summed E-state index contributed by atoms with van der Waals surface area (Å²) in [6, 6.07) is 16.8. The molecule has 0 spiro atoms. The van der Waals surface area contributed by atoms with Crippen molar-refractivity contribution in [3.05, 3.63) is 64.7 Å². The van der Waals surface area contributed by atoms with E-state index in [-0.39, 0.29) is 0 Å². The molecule has 0 aliphatic rings. The van der Waals surface area contributed by atoms with Crippen LogP contribution in [0.25, 0.3) is 0 Å². The van der Waals surface area contributed by atoms with Gasteiger partial charge in [0.2, 0.25) is 0 Å². The van der Waals surface area contributed by atoms with Crippen LogP contribution >= 0.6 is 11.6 Å². The Morgan fingerprint density at radius 3 is 2.33 bits per heavy atom. The molecule has 2 aromatic carbocycles. The Hall–Kier alpha value is -2.02. The van der Waals surface area contributed by atoms with Crippen molar-refractivity contribution in [3.63, 3.8) is 0 Å². The molecule has 0 fully saturated rings. The SMILES string of the molecule is N#Cc1ccc(OCCCOCc2ccc(Cl)cc2)cc1. The van der Waals surface area contributed by atoms with Gasteiger partial charge in [0.15, 0.2) is 0 Å². The van der Waals surface area contributed by atoms with Crippen molar-refractivity contribution in [2.45, 2.75) is 13.0 Å². The van der Waals surface area contributed by atoms with Crippen LogP contribution in [0.2, 0.25) is 5.02 Å². The zero-order valence-corrected chi connectivity index (χ0v) is 12.3. The smallest absolute Gasteiger partial charge is 0.119 e. The maximum absolute atomic E-state index is 8.70. The van der Waals surface area contributed by atoms with Gasteiger partial charge in [-0.05, 0) is 42.0 Å². The van der Waals surface area contributed by atoms with Gasteiger partial charge in [0.25, 0.3) is 0 Å². The molecule has 0 radical (unpaired) electrons. The standard InChI is InChI=1S/C17H16ClNO2/c18-16-6-2-15(3-7-16)13-20-10-1-11-21-17-8-4-14(12-19)5-9-17/h2-9H,1,10-11,13H2. The van der Waals surface area contributed by atoms with Crippen molar-refractivity contribution in [2.24, 2.45) is 0 Å². The van der Waals surface area contributed by atoms with E-state index in [4.69, 9.17) is 26.3 Å². The molecular weight excluding hydrogens is 286 g/mol. The Kier molecular flexibility index (Phi) is 6.08. The number of benzene rings is 2. The first-order chi connectivity index (χ1) is 10.3. The summed E-state index contributed by atoms with van der Waals surface area (Å²) in [7, 11) is 0. The molecule has 0 saturated heterocycles. The fraction of sp³-hybridized carbons (Fsp3) is 0.235. The molecule has 0 N–H and O–H groups in total. The van der Waals surface area contributed by atoms with E-state index >= 15 is 0 Å². The van der Waals surface area contributed by atoms with Crippen LogP contribution in [0.5, 0.6) is 5.75 Å². The quantitative estimate of drug-likeness (QED) is 0.720. The van der Waals surface area contributed by atoms with Crippen LogP contribution in [-0.4, -0.2) is 13.2 Å². The molecule has 4 heteroatoms. The highest BCUT2D eigenvalue weighted by Gasteiger charge is 1.96. The molecule has 2 aromatic rings. The van der Waals surface area contributed by atoms with E-state index in [1.54, 1.807) is 24.3 Å². The fourth-order valence-electron chi connectivity index (χ4n) is 1.75. The maximum Gasteiger partial charge on any atom is 0.119 e. The predicted molar refractivity (Wildman–Crippen MR) is 82.4 cm³/mol. The Bertz CT molecular complexity index is 588. The summed E-state index contributed by atoms with van der Waals surface area (Å²) in [5.74, 6) is 0.770. The van der Waals surface area contributed by atoms with Gasteiger partial charge in [0.05, 0.1) is 31.5 Å². The molecule has 0 amide bonds. The molecule has 2 rings (SSSR count). The molecule has 0 aliphatic carbocycles. The lowest BCUT2D eigenvalue weighted by molar-refractivity contribution is 0.107. The third kappa shape index (κ3) is 5.47. The minimum Gasteiger partial charge on any atom is -0.494 e. The summed E-state index contributed by atoms with van der Waals surface area (Å²) in [5, 5.41) is 9.43. The van der Waals surface area contributed by atoms with Crippen LogP contribution in [0.15, 0.2) is 48.5 Å². The summed E-state index contributed by atoms with van der Waals surface area (Å²) >= 11 is 5.82. The maximum atomic E-state index is 8.70. The van der Waals surface area contributed by atoms with Crippen LogP contribution in [0, 0.1) is 11.3 Å². The number of nitrogens with zero attached hydrogens (tertiary/aromatic N) is 1. The number of nitriles is 1. The Balaban J connectivity index is 1.59. The van der Waals surface area contributed by atoms with Gasteiger partial charge < -0.3 is 9.47 Å². The zero-order valence-electron chi connectivity index (χ0n) is 11.6. The molecular formula is C17H16ClNO2. The lowest BCUT2D eigenvalue weighted by Crippen LogP contribution is -2.03. The summed E-state index contributed by atoms with van der Waals surface area (Å²) < 4.78 is 11.1. The number of rotatable bonds is 7. The van der Waals surface area contributed by atoms with Crippen molar-refractivity contribution in [1.29, 1.82) is 5.26 Å². The molecule has 0 aliphatic heterocycles. The van der Waals surface area contributed by atoms with Crippen LogP contribution in [-0.2, 0) is 11.3 Å². The lowest BCUT2D eigenvalue weighted by Gasteiger charge is -2.07. The van der Waals surface area contributed by atoms with Gasteiger partial charge >= 0.3 is 0 Å². The molecule has 0 unspecified atom stereocenters. The highest BCUT2D eigenvalue weighted by Crippen LogP contribution is 2.12. The highest BCUT2D eigenvalue weighted by atomic mass is 35.5. The van der Waals surface area contributed by atoms with E-state index < -0.39 is 0 Å². The first kappa shape index (κ1) is 15.4. The topological polar surface area (TPSA) is 42.2 Å². The van der Waals surface area contributed by atoms with Gasteiger partial charge in [-0.3, -0.25) is 0 Å². The van der Waals surface area contributed by atoms with Gasteiger partial charge in [-0.25, -0.2) is 0 Å². The minimum absolute atomic E-state index is 0.577. The Labute approximate surface area is 129 Å². The second-order valence-corrected chi connectivity index (χ2v) is 4.95. The van der Waals surface area contributed by atoms with E-state index in [1.165, 1.54) is 0 Å². The van der Waals surface area contributed by atoms with Crippen molar-refractivity contribution in [3.8, 4) is 11.8 Å². The third-order valence-electron chi connectivity index (χ3n) is 2.87. The van der Waals surface area contributed by atoms with Crippen LogP contribution in [0.3, 0.4) is 0 Å². The molecule has 21 heavy (non-hydrogen) atoms. The summed E-state index contributed by atoms with van der Waals surface area (Å²) in [4.78, 5) is 0. The van der Waals surface area contributed by atoms with Crippen molar-refractivity contribution < 1.29 is 9.47 Å². The van der Waals surface area contributed by atoms with Crippen molar-refractivity contribution >= 4 is 11.6 Å². The Morgan fingerprint density at radius 2 is 1.67 bits per heavy atom. The average Bonchev–Trinajstić information content (AvgIpc) is 2.53. The first-order valence-electron chi connectivity index (χ1n) is 6.73. The summed E-state index contributed by atoms with van der Waals surface area (Å²) in [5.41, 5.74) is 1.74.